The van der Waals surface area contributed by atoms with Gasteiger partial charge < -0.3 is 24.2 Å². The van der Waals surface area contributed by atoms with Gasteiger partial charge in [-0.25, -0.2) is 23.1 Å². The van der Waals surface area contributed by atoms with E-state index in [1.807, 2.05) is 32.6 Å². The van der Waals surface area contributed by atoms with Gasteiger partial charge in [0.1, 0.15) is 12.7 Å². The lowest BCUT2D eigenvalue weighted by Crippen LogP contribution is -2.36. The molecular weight excluding hydrogens is 714 g/mol. The molecule has 7 rings (SSSR count). The molecule has 14 heteroatoms. The van der Waals surface area contributed by atoms with Crippen LogP contribution < -0.4 is 9.64 Å². The molecule has 0 amide bonds. The van der Waals surface area contributed by atoms with Crippen LogP contribution in [0.5, 0.6) is 5.75 Å². The topological polar surface area (TPSA) is 89.8 Å². The minimum atomic E-state index is -4.60. The van der Waals surface area contributed by atoms with E-state index in [4.69, 9.17) is 19.2 Å². The van der Waals surface area contributed by atoms with Crippen molar-refractivity contribution in [1.29, 1.82) is 0 Å². The predicted octanol–water partition coefficient (Wildman–Crippen LogP) is 9.16. The molecule has 294 valence electrons. The van der Waals surface area contributed by atoms with E-state index in [0.717, 1.165) is 24.3 Å². The zero-order chi connectivity index (χ0) is 38.6. The summed E-state index contributed by atoms with van der Waals surface area (Å²) in [5.74, 6) is -3.22. The van der Waals surface area contributed by atoms with E-state index >= 15 is 4.39 Å². The third kappa shape index (κ3) is 8.35. The van der Waals surface area contributed by atoms with E-state index in [0.29, 0.717) is 79.6 Å². The molecule has 4 aliphatic rings. The summed E-state index contributed by atoms with van der Waals surface area (Å²) < 4.78 is 104. The Kier molecular flexibility index (Phi) is 10.4. The van der Waals surface area contributed by atoms with Gasteiger partial charge >= 0.3 is 6.18 Å². The molecule has 1 unspecified atom stereocenters. The molecule has 2 saturated heterocycles. The summed E-state index contributed by atoms with van der Waals surface area (Å²) in [4.78, 5) is 16.2. The van der Waals surface area contributed by atoms with Crippen molar-refractivity contribution in [3.05, 3.63) is 75.9 Å². The first-order valence-corrected chi connectivity index (χ1v) is 18.8. The highest BCUT2D eigenvalue weighted by atomic mass is 19.4. The number of hydrogen-bond acceptors (Lipinski definition) is 8. The van der Waals surface area contributed by atoms with Gasteiger partial charge in [-0.05, 0) is 87.0 Å². The minimum absolute atomic E-state index is 0.0166. The summed E-state index contributed by atoms with van der Waals surface area (Å²) in [5, 5.41) is 11.6. The fourth-order valence-corrected chi connectivity index (χ4v) is 8.65. The zero-order valence-electron chi connectivity index (χ0n) is 31.1. The number of aliphatic hydroxyl groups is 1. The Morgan fingerprint density at radius 3 is 2.19 bits per heavy atom. The molecule has 1 N–H and O–H groups in total. The number of anilines is 1. The fourth-order valence-electron chi connectivity index (χ4n) is 8.65. The third-order valence-corrected chi connectivity index (χ3v) is 11.3. The molecule has 0 spiro atoms. The first-order valence-electron chi connectivity index (χ1n) is 18.8. The second kappa shape index (κ2) is 14.5. The van der Waals surface area contributed by atoms with E-state index in [9.17, 15) is 27.1 Å². The van der Waals surface area contributed by atoms with Crippen molar-refractivity contribution < 1.29 is 45.7 Å². The lowest BCUT2D eigenvalue weighted by atomic mass is 9.68. The summed E-state index contributed by atoms with van der Waals surface area (Å²) in [7, 11) is 0. The monoisotopic (exact) mass is 762 g/mol. The molecule has 1 saturated carbocycles. The van der Waals surface area contributed by atoms with E-state index in [-0.39, 0.29) is 60.9 Å². The number of piperidine rings is 1. The number of pyridine rings is 1. The van der Waals surface area contributed by atoms with E-state index < -0.39 is 41.6 Å². The van der Waals surface area contributed by atoms with Gasteiger partial charge in [-0.2, -0.15) is 13.2 Å². The number of aromatic nitrogens is 3. The maximum atomic E-state index is 17.3. The maximum absolute atomic E-state index is 17.3. The summed E-state index contributed by atoms with van der Waals surface area (Å²) in [6, 6.07) is 3.99. The normalized spacial score (nSPS) is 25.0. The van der Waals surface area contributed by atoms with Crippen molar-refractivity contribution in [3.63, 3.8) is 0 Å². The van der Waals surface area contributed by atoms with Crippen LogP contribution in [-0.2, 0) is 22.1 Å². The Morgan fingerprint density at radius 2 is 1.59 bits per heavy atom. The van der Waals surface area contributed by atoms with Crippen molar-refractivity contribution in [1.82, 2.24) is 15.0 Å². The molecule has 1 aromatic carbocycles. The van der Waals surface area contributed by atoms with Crippen LogP contribution >= 0.6 is 0 Å². The van der Waals surface area contributed by atoms with Gasteiger partial charge in [0, 0.05) is 48.7 Å². The average molecular weight is 763 g/mol. The standard InChI is InChI=1S/C40H48F6N4O4/c1-37(2)17-29-32(30(51)18-37)31(23-9-13-39(42,43)14-10-23)33(34(41)24-5-7-26(8-6-24)40(44,45)46)35(49-29)25-11-15-50(16-12-25)36-47-19-27(20-48-36)52-21-28-22-53-38(3,4)54-28/h5-8,19-20,23,25,28,30,34,51H,9-18,21-22H2,1-4H3/t28-,30-,34?/m0/s1. The van der Waals surface area contributed by atoms with Crippen molar-refractivity contribution in [2.75, 3.05) is 31.2 Å². The number of halogens is 6. The lowest BCUT2D eigenvalue weighted by molar-refractivity contribution is -0.141. The first-order chi connectivity index (χ1) is 25.4. The number of ether oxygens (including phenoxy) is 3. The highest BCUT2D eigenvalue weighted by Crippen LogP contribution is 2.52. The molecule has 54 heavy (non-hydrogen) atoms. The molecule has 4 heterocycles. The Balaban J connectivity index is 1.20. The average Bonchev–Trinajstić information content (AvgIpc) is 3.47. The number of fused-ring (bicyclic) bond motifs is 1. The summed E-state index contributed by atoms with van der Waals surface area (Å²) in [6.45, 7) is 9.49. The highest BCUT2D eigenvalue weighted by Gasteiger charge is 2.44. The summed E-state index contributed by atoms with van der Waals surface area (Å²) in [6.07, 6.45) is -3.04. The highest BCUT2D eigenvalue weighted by molar-refractivity contribution is 5.51. The molecular formula is C40H48F6N4O4. The van der Waals surface area contributed by atoms with Crippen LogP contribution in [0.3, 0.4) is 0 Å². The Bertz CT molecular complexity index is 1790. The van der Waals surface area contributed by atoms with E-state index in [1.54, 1.807) is 12.4 Å². The van der Waals surface area contributed by atoms with Gasteiger partial charge in [-0.1, -0.05) is 26.0 Å². The van der Waals surface area contributed by atoms with Gasteiger partial charge in [-0.15, -0.1) is 0 Å². The Labute approximate surface area is 311 Å². The number of aliphatic hydroxyl groups excluding tert-OH is 1. The van der Waals surface area contributed by atoms with Gasteiger partial charge in [0.2, 0.25) is 11.9 Å². The van der Waals surface area contributed by atoms with E-state index in [2.05, 4.69) is 9.97 Å². The fraction of sp³-hybridized carbons (Fsp3) is 0.625. The summed E-state index contributed by atoms with van der Waals surface area (Å²) >= 11 is 0. The molecule has 3 atom stereocenters. The number of benzene rings is 1. The van der Waals surface area contributed by atoms with E-state index in [1.165, 1.54) is 0 Å². The maximum Gasteiger partial charge on any atom is 0.416 e. The SMILES string of the molecule is CC1(C)Cc2nc(C3CCN(c4ncc(OC[C@H]5COC(C)(C)O5)cn4)CC3)c(C(F)c3ccc(C(F)(F)F)cc3)c(C3CCC(F)(F)CC3)c2[C@@H](O)C1. The van der Waals surface area contributed by atoms with Crippen LogP contribution in [0, 0.1) is 5.41 Å². The van der Waals surface area contributed by atoms with Gasteiger partial charge in [0.05, 0.1) is 36.4 Å². The summed E-state index contributed by atoms with van der Waals surface area (Å²) in [5.41, 5.74) is 1.16. The van der Waals surface area contributed by atoms with Crippen LogP contribution in [0.2, 0.25) is 0 Å². The number of alkyl halides is 6. The largest absolute Gasteiger partial charge is 0.488 e. The second-order valence-corrected chi connectivity index (χ2v) is 16.6. The van der Waals surface area contributed by atoms with Crippen LogP contribution in [0.15, 0.2) is 36.7 Å². The molecule has 0 radical (unpaired) electrons. The van der Waals surface area contributed by atoms with Crippen molar-refractivity contribution in [2.24, 2.45) is 5.41 Å². The van der Waals surface area contributed by atoms with Crippen molar-refractivity contribution in [2.45, 2.75) is 127 Å². The number of nitrogens with zero attached hydrogens (tertiary/aromatic N) is 4. The van der Waals surface area contributed by atoms with Gasteiger partial charge in [-0.3, -0.25) is 4.98 Å². The molecule has 2 aromatic heterocycles. The van der Waals surface area contributed by atoms with Crippen LogP contribution in [0.1, 0.15) is 136 Å². The molecule has 0 bridgehead atoms. The van der Waals surface area contributed by atoms with Crippen LogP contribution in [0.25, 0.3) is 0 Å². The number of hydrogen-bond donors (Lipinski definition) is 1. The predicted molar refractivity (Wildman–Crippen MR) is 188 cm³/mol. The molecule has 3 fully saturated rings. The molecule has 8 nitrogen and oxygen atoms in total. The third-order valence-electron chi connectivity index (χ3n) is 11.3. The van der Waals surface area contributed by atoms with Crippen LogP contribution in [0.4, 0.5) is 32.3 Å². The lowest BCUT2D eigenvalue weighted by Gasteiger charge is -2.41. The Morgan fingerprint density at radius 1 is 0.944 bits per heavy atom. The second-order valence-electron chi connectivity index (χ2n) is 16.6. The number of rotatable bonds is 8. The zero-order valence-corrected chi connectivity index (χ0v) is 31.1. The molecule has 2 aliphatic carbocycles. The Hall–Kier alpha value is -3.49. The molecule has 3 aromatic rings. The minimum Gasteiger partial charge on any atom is -0.488 e. The first kappa shape index (κ1) is 38.8. The van der Waals surface area contributed by atoms with Gasteiger partial charge in [0.15, 0.2) is 17.7 Å². The molecule has 2 aliphatic heterocycles. The van der Waals surface area contributed by atoms with Gasteiger partial charge in [0.25, 0.3) is 0 Å². The van der Waals surface area contributed by atoms with Crippen molar-refractivity contribution >= 4 is 5.95 Å². The van der Waals surface area contributed by atoms with Crippen molar-refractivity contribution in [3.8, 4) is 5.75 Å². The smallest absolute Gasteiger partial charge is 0.416 e. The quantitative estimate of drug-likeness (QED) is 0.228. The van der Waals surface area contributed by atoms with Crippen LogP contribution in [-0.4, -0.2) is 64.2 Å².